The number of benzene rings is 1. The Hall–Kier alpha value is -1.06. The van der Waals surface area contributed by atoms with Crippen LogP contribution in [0.2, 0.25) is 0 Å². The molecule has 3 aliphatic rings. The van der Waals surface area contributed by atoms with Crippen molar-refractivity contribution in [1.82, 2.24) is 5.43 Å². The van der Waals surface area contributed by atoms with Crippen molar-refractivity contribution in [3.8, 4) is 5.75 Å². The molecule has 3 aliphatic carbocycles. The predicted molar refractivity (Wildman–Crippen MR) is 74.4 cm³/mol. The summed E-state index contributed by atoms with van der Waals surface area (Å²) >= 11 is 0. The second-order valence-electron chi connectivity index (χ2n) is 6.45. The fourth-order valence-electron chi connectivity index (χ4n) is 5.17. The van der Waals surface area contributed by atoms with Gasteiger partial charge >= 0.3 is 0 Å². The van der Waals surface area contributed by atoms with Gasteiger partial charge in [-0.1, -0.05) is 18.2 Å². The van der Waals surface area contributed by atoms with Crippen LogP contribution >= 0.6 is 0 Å². The van der Waals surface area contributed by atoms with E-state index in [1.807, 2.05) is 12.1 Å². The molecule has 0 radical (unpaired) electrons. The van der Waals surface area contributed by atoms with E-state index < -0.39 is 0 Å². The van der Waals surface area contributed by atoms with E-state index >= 15 is 0 Å². The van der Waals surface area contributed by atoms with Crippen LogP contribution in [0.15, 0.2) is 24.3 Å². The smallest absolute Gasteiger partial charge is 0.123 e. The summed E-state index contributed by atoms with van der Waals surface area (Å²) in [5.41, 5.74) is 4.30. The number of rotatable bonds is 4. The summed E-state index contributed by atoms with van der Waals surface area (Å²) in [6.45, 7) is 0. The molecule has 4 rings (SSSR count). The molecule has 0 aliphatic heterocycles. The number of methoxy groups -OCH3 is 1. The molecule has 5 atom stereocenters. The van der Waals surface area contributed by atoms with E-state index in [2.05, 4.69) is 17.6 Å². The van der Waals surface area contributed by atoms with Gasteiger partial charge in [-0.2, -0.15) is 0 Å². The molecule has 1 aromatic rings. The number of para-hydroxylation sites is 1. The van der Waals surface area contributed by atoms with E-state index in [0.717, 1.165) is 35.3 Å². The predicted octanol–water partition coefficient (Wildman–Crippen LogP) is 2.49. The zero-order valence-electron chi connectivity index (χ0n) is 11.4. The molecular weight excluding hydrogens is 236 g/mol. The van der Waals surface area contributed by atoms with Crippen molar-refractivity contribution in [3.05, 3.63) is 29.8 Å². The maximum atomic E-state index is 5.88. The van der Waals surface area contributed by atoms with E-state index in [0.29, 0.717) is 0 Å². The molecule has 5 unspecified atom stereocenters. The van der Waals surface area contributed by atoms with Gasteiger partial charge < -0.3 is 4.74 Å². The van der Waals surface area contributed by atoms with E-state index in [4.69, 9.17) is 10.6 Å². The Balaban J connectivity index is 1.63. The Bertz CT molecular complexity index is 473. The standard InChI is InChI=1S/C16H22N2O/c1-19-12-5-3-2-4-11(12)16(18-17)15-13-9-6-7-10(8-9)14(13)15/h2-5,9-10,13-16,18H,6-8,17H2,1H3. The van der Waals surface area contributed by atoms with Gasteiger partial charge in [0.05, 0.1) is 13.2 Å². The van der Waals surface area contributed by atoms with Crippen molar-refractivity contribution in [2.75, 3.05) is 7.11 Å². The minimum atomic E-state index is 0.259. The molecule has 2 bridgehead atoms. The van der Waals surface area contributed by atoms with Crippen molar-refractivity contribution < 1.29 is 4.74 Å². The third-order valence-corrected chi connectivity index (χ3v) is 5.83. The van der Waals surface area contributed by atoms with Crippen LogP contribution in [0, 0.1) is 29.6 Å². The molecule has 0 aromatic heterocycles. The molecular formula is C16H22N2O. The molecule has 1 aromatic carbocycles. The molecule has 0 spiro atoms. The zero-order chi connectivity index (χ0) is 13.0. The summed E-state index contributed by atoms with van der Waals surface area (Å²) in [5, 5.41) is 0. The average molecular weight is 258 g/mol. The Morgan fingerprint density at radius 1 is 1.21 bits per heavy atom. The first-order chi connectivity index (χ1) is 9.35. The number of hydrogen-bond donors (Lipinski definition) is 2. The van der Waals surface area contributed by atoms with E-state index in [-0.39, 0.29) is 6.04 Å². The van der Waals surface area contributed by atoms with Crippen molar-refractivity contribution in [2.24, 2.45) is 35.4 Å². The van der Waals surface area contributed by atoms with Gasteiger partial charge in [0.1, 0.15) is 5.75 Å². The van der Waals surface area contributed by atoms with Gasteiger partial charge in [0, 0.05) is 5.56 Å². The fraction of sp³-hybridized carbons (Fsp3) is 0.625. The van der Waals surface area contributed by atoms with Crippen molar-refractivity contribution in [3.63, 3.8) is 0 Å². The summed E-state index contributed by atoms with van der Waals surface area (Å²) in [4.78, 5) is 0. The number of nitrogens with two attached hydrogens (primary N) is 1. The summed E-state index contributed by atoms with van der Waals surface area (Å²) in [6.07, 6.45) is 4.38. The Labute approximate surface area is 114 Å². The lowest BCUT2D eigenvalue weighted by Gasteiger charge is -2.22. The summed E-state index contributed by atoms with van der Waals surface area (Å²) in [5.74, 6) is 11.4. The lowest BCUT2D eigenvalue weighted by Crippen LogP contribution is -2.31. The number of hydrazine groups is 1. The quantitative estimate of drug-likeness (QED) is 0.644. The van der Waals surface area contributed by atoms with Crippen LogP contribution in [0.25, 0.3) is 0 Å². The van der Waals surface area contributed by atoms with Crippen LogP contribution in [0.1, 0.15) is 30.9 Å². The number of ether oxygens (including phenoxy) is 1. The highest BCUT2D eigenvalue weighted by molar-refractivity contribution is 5.38. The van der Waals surface area contributed by atoms with E-state index in [1.54, 1.807) is 7.11 Å². The van der Waals surface area contributed by atoms with Crippen LogP contribution < -0.4 is 16.0 Å². The highest BCUT2D eigenvalue weighted by atomic mass is 16.5. The monoisotopic (exact) mass is 258 g/mol. The van der Waals surface area contributed by atoms with Crippen LogP contribution in [0.3, 0.4) is 0 Å². The molecule has 0 amide bonds. The van der Waals surface area contributed by atoms with Crippen LogP contribution in [0.5, 0.6) is 5.75 Å². The lowest BCUT2D eigenvalue weighted by molar-refractivity contribution is 0.353. The third kappa shape index (κ3) is 1.58. The van der Waals surface area contributed by atoms with Gasteiger partial charge in [-0.25, -0.2) is 0 Å². The summed E-state index contributed by atoms with van der Waals surface area (Å²) in [7, 11) is 1.74. The number of hydrogen-bond acceptors (Lipinski definition) is 3. The van der Waals surface area contributed by atoms with Gasteiger partial charge in [0.2, 0.25) is 0 Å². The van der Waals surface area contributed by atoms with Gasteiger partial charge in [0.25, 0.3) is 0 Å². The average Bonchev–Trinajstić information content (AvgIpc) is 2.88. The number of nitrogens with one attached hydrogen (secondary N) is 1. The maximum absolute atomic E-state index is 5.88. The minimum Gasteiger partial charge on any atom is -0.496 e. The molecule has 3 saturated carbocycles. The van der Waals surface area contributed by atoms with E-state index in [1.165, 1.54) is 24.8 Å². The first-order valence-electron chi connectivity index (χ1n) is 7.44. The maximum Gasteiger partial charge on any atom is 0.123 e. The summed E-state index contributed by atoms with van der Waals surface area (Å²) < 4.78 is 5.50. The lowest BCUT2D eigenvalue weighted by atomic mass is 9.93. The molecule has 0 heterocycles. The zero-order valence-corrected chi connectivity index (χ0v) is 11.4. The largest absolute Gasteiger partial charge is 0.496 e. The van der Waals surface area contributed by atoms with Gasteiger partial charge in [-0.15, -0.1) is 0 Å². The van der Waals surface area contributed by atoms with E-state index in [9.17, 15) is 0 Å². The van der Waals surface area contributed by atoms with Gasteiger partial charge in [-0.05, 0) is 54.9 Å². The molecule has 0 saturated heterocycles. The molecule has 102 valence electrons. The first kappa shape index (κ1) is 11.7. The molecule has 3 heteroatoms. The number of fused-ring (bicyclic) bond motifs is 5. The normalized spacial score (nSPS) is 40.0. The SMILES string of the molecule is COc1ccccc1C(NN)C1C2C3CCC(C3)C21. The third-order valence-electron chi connectivity index (χ3n) is 5.83. The Morgan fingerprint density at radius 2 is 1.89 bits per heavy atom. The fourth-order valence-corrected chi connectivity index (χ4v) is 5.17. The highest BCUT2D eigenvalue weighted by Gasteiger charge is 2.66. The van der Waals surface area contributed by atoms with Crippen molar-refractivity contribution in [1.29, 1.82) is 0 Å². The second-order valence-corrected chi connectivity index (χ2v) is 6.45. The first-order valence-corrected chi connectivity index (χ1v) is 7.44. The molecule has 3 N–H and O–H groups in total. The van der Waals surface area contributed by atoms with Crippen LogP contribution in [0.4, 0.5) is 0 Å². The minimum absolute atomic E-state index is 0.259. The second kappa shape index (κ2) is 4.22. The van der Waals surface area contributed by atoms with Gasteiger partial charge in [0.15, 0.2) is 0 Å². The molecule has 19 heavy (non-hydrogen) atoms. The van der Waals surface area contributed by atoms with Crippen LogP contribution in [-0.2, 0) is 0 Å². The van der Waals surface area contributed by atoms with Crippen LogP contribution in [-0.4, -0.2) is 7.11 Å². The highest BCUT2D eigenvalue weighted by Crippen LogP contribution is 2.72. The van der Waals surface area contributed by atoms with Crippen molar-refractivity contribution in [2.45, 2.75) is 25.3 Å². The topological polar surface area (TPSA) is 47.3 Å². The van der Waals surface area contributed by atoms with Gasteiger partial charge in [-0.3, -0.25) is 11.3 Å². The molecule has 3 nitrogen and oxygen atoms in total. The molecule has 3 fully saturated rings. The van der Waals surface area contributed by atoms with Crippen molar-refractivity contribution >= 4 is 0 Å². The summed E-state index contributed by atoms with van der Waals surface area (Å²) in [6, 6.07) is 8.54. The Morgan fingerprint density at radius 3 is 2.53 bits per heavy atom. The Kier molecular flexibility index (Phi) is 2.61.